The van der Waals surface area contributed by atoms with Crippen LogP contribution >= 0.6 is 22.6 Å². The Balaban J connectivity index is 1.98. The number of carbonyl (C=O) groups excluding carboxylic acids is 1. The second-order valence-electron chi connectivity index (χ2n) is 4.31. The molecule has 0 atom stereocenters. The maximum Gasteiger partial charge on any atom is 0.321 e. The number of benzene rings is 1. The van der Waals surface area contributed by atoms with Gasteiger partial charge in [-0.3, -0.25) is 0 Å². The SMILES string of the molecule is O=C(Nc1ccccc1I)N1CCCCCC1. The molecule has 0 radical (unpaired) electrons. The highest BCUT2D eigenvalue weighted by Gasteiger charge is 2.15. The smallest absolute Gasteiger partial charge is 0.321 e. The van der Waals surface area contributed by atoms with E-state index in [-0.39, 0.29) is 6.03 Å². The molecule has 17 heavy (non-hydrogen) atoms. The highest BCUT2D eigenvalue weighted by atomic mass is 127. The van der Waals surface area contributed by atoms with Crippen LogP contribution in [0.3, 0.4) is 0 Å². The van der Waals surface area contributed by atoms with Gasteiger partial charge in [0.1, 0.15) is 0 Å². The van der Waals surface area contributed by atoms with Crippen LogP contribution in [0, 0.1) is 3.57 Å². The van der Waals surface area contributed by atoms with Crippen LogP contribution in [-0.4, -0.2) is 24.0 Å². The zero-order chi connectivity index (χ0) is 12.1. The van der Waals surface area contributed by atoms with Crippen LogP contribution < -0.4 is 5.32 Å². The lowest BCUT2D eigenvalue weighted by molar-refractivity contribution is 0.214. The number of para-hydroxylation sites is 1. The molecule has 2 amide bonds. The van der Waals surface area contributed by atoms with E-state index in [9.17, 15) is 4.79 Å². The minimum atomic E-state index is 0.0380. The zero-order valence-corrected chi connectivity index (χ0v) is 11.9. The average molecular weight is 344 g/mol. The Morgan fingerprint density at radius 2 is 1.76 bits per heavy atom. The molecule has 2 rings (SSSR count). The molecule has 1 fully saturated rings. The molecule has 3 nitrogen and oxygen atoms in total. The Hall–Kier alpha value is -0.780. The third kappa shape index (κ3) is 3.59. The van der Waals surface area contributed by atoms with Crippen LogP contribution in [0.5, 0.6) is 0 Å². The van der Waals surface area contributed by atoms with E-state index in [2.05, 4.69) is 27.9 Å². The number of hydrogen-bond donors (Lipinski definition) is 1. The first-order chi connectivity index (χ1) is 8.27. The van der Waals surface area contributed by atoms with Gasteiger partial charge in [-0.2, -0.15) is 0 Å². The van der Waals surface area contributed by atoms with E-state index in [1.54, 1.807) is 0 Å². The molecule has 0 aromatic heterocycles. The monoisotopic (exact) mass is 344 g/mol. The van der Waals surface area contributed by atoms with Gasteiger partial charge in [0.15, 0.2) is 0 Å². The van der Waals surface area contributed by atoms with Crippen molar-refractivity contribution < 1.29 is 4.79 Å². The van der Waals surface area contributed by atoms with Crippen molar-refractivity contribution in [2.24, 2.45) is 0 Å². The van der Waals surface area contributed by atoms with Gasteiger partial charge in [-0.15, -0.1) is 0 Å². The van der Waals surface area contributed by atoms with Gasteiger partial charge < -0.3 is 10.2 Å². The van der Waals surface area contributed by atoms with E-state index in [0.29, 0.717) is 0 Å². The summed E-state index contributed by atoms with van der Waals surface area (Å²) in [5, 5.41) is 2.99. The summed E-state index contributed by atoms with van der Waals surface area (Å²) < 4.78 is 1.08. The molecule has 1 aliphatic heterocycles. The summed E-state index contributed by atoms with van der Waals surface area (Å²) in [6.45, 7) is 1.77. The van der Waals surface area contributed by atoms with E-state index in [1.165, 1.54) is 12.8 Å². The Bertz CT molecular complexity index is 387. The summed E-state index contributed by atoms with van der Waals surface area (Å²) in [6.07, 6.45) is 4.73. The van der Waals surface area contributed by atoms with E-state index in [4.69, 9.17) is 0 Å². The molecule has 1 aromatic rings. The Labute approximate surface area is 116 Å². The number of nitrogens with zero attached hydrogens (tertiary/aromatic N) is 1. The molecule has 1 aromatic carbocycles. The fourth-order valence-corrected chi connectivity index (χ4v) is 2.55. The molecule has 0 aliphatic carbocycles. The fraction of sp³-hybridized carbons (Fsp3) is 0.462. The van der Waals surface area contributed by atoms with Gasteiger partial charge in [-0.25, -0.2) is 4.79 Å². The summed E-state index contributed by atoms with van der Waals surface area (Å²) >= 11 is 2.24. The first-order valence-electron chi connectivity index (χ1n) is 6.08. The van der Waals surface area contributed by atoms with Crippen LogP contribution in [-0.2, 0) is 0 Å². The van der Waals surface area contributed by atoms with Crippen molar-refractivity contribution in [3.63, 3.8) is 0 Å². The highest BCUT2D eigenvalue weighted by molar-refractivity contribution is 14.1. The largest absolute Gasteiger partial charge is 0.325 e. The molecule has 0 spiro atoms. The van der Waals surface area contributed by atoms with E-state index < -0.39 is 0 Å². The van der Waals surface area contributed by atoms with Crippen molar-refractivity contribution in [3.05, 3.63) is 27.8 Å². The Morgan fingerprint density at radius 3 is 2.41 bits per heavy atom. The Morgan fingerprint density at radius 1 is 1.12 bits per heavy atom. The second kappa shape index (κ2) is 6.23. The minimum absolute atomic E-state index is 0.0380. The number of rotatable bonds is 1. The van der Waals surface area contributed by atoms with Crippen LogP contribution in [0.2, 0.25) is 0 Å². The summed E-state index contributed by atoms with van der Waals surface area (Å²) in [5.74, 6) is 0. The molecule has 1 saturated heterocycles. The van der Waals surface area contributed by atoms with Gasteiger partial charge >= 0.3 is 6.03 Å². The number of amides is 2. The van der Waals surface area contributed by atoms with Gasteiger partial charge in [-0.1, -0.05) is 25.0 Å². The fourth-order valence-electron chi connectivity index (χ4n) is 2.03. The summed E-state index contributed by atoms with van der Waals surface area (Å²) in [7, 11) is 0. The third-order valence-corrected chi connectivity index (χ3v) is 3.95. The molecule has 0 bridgehead atoms. The lowest BCUT2D eigenvalue weighted by Gasteiger charge is -2.21. The molecule has 0 unspecified atom stereocenters. The minimum Gasteiger partial charge on any atom is -0.325 e. The standard InChI is InChI=1S/C13H17IN2O/c14-11-7-3-4-8-12(11)15-13(17)16-9-5-1-2-6-10-16/h3-4,7-8H,1-2,5-6,9-10H2,(H,15,17). The topological polar surface area (TPSA) is 32.3 Å². The number of halogens is 1. The van der Waals surface area contributed by atoms with E-state index in [0.717, 1.165) is 35.2 Å². The third-order valence-electron chi connectivity index (χ3n) is 3.01. The van der Waals surface area contributed by atoms with Crippen LogP contribution in [0.15, 0.2) is 24.3 Å². The first kappa shape index (κ1) is 12.7. The number of urea groups is 1. The lowest BCUT2D eigenvalue weighted by atomic mass is 10.2. The molecule has 92 valence electrons. The molecular weight excluding hydrogens is 327 g/mol. The number of anilines is 1. The van der Waals surface area contributed by atoms with Crippen molar-refractivity contribution >= 4 is 34.3 Å². The summed E-state index contributed by atoms with van der Waals surface area (Å²) in [5.41, 5.74) is 0.905. The molecule has 1 aliphatic rings. The Kier molecular flexibility index (Phi) is 4.65. The molecular formula is C13H17IN2O. The van der Waals surface area contributed by atoms with E-state index in [1.807, 2.05) is 29.2 Å². The van der Waals surface area contributed by atoms with Crippen LogP contribution in [0.25, 0.3) is 0 Å². The van der Waals surface area contributed by atoms with Gasteiger partial charge in [0.05, 0.1) is 5.69 Å². The quantitative estimate of drug-likeness (QED) is 0.774. The van der Waals surface area contributed by atoms with Crippen molar-refractivity contribution in [2.75, 3.05) is 18.4 Å². The molecule has 1 heterocycles. The summed E-state index contributed by atoms with van der Waals surface area (Å²) in [6, 6.07) is 7.90. The maximum absolute atomic E-state index is 12.1. The van der Waals surface area contributed by atoms with Crippen molar-refractivity contribution in [1.82, 2.24) is 4.90 Å². The number of nitrogens with one attached hydrogen (secondary N) is 1. The molecule has 0 saturated carbocycles. The van der Waals surface area contributed by atoms with Gasteiger partial charge in [0.25, 0.3) is 0 Å². The lowest BCUT2D eigenvalue weighted by Crippen LogP contribution is -2.35. The second-order valence-corrected chi connectivity index (χ2v) is 5.47. The van der Waals surface area contributed by atoms with E-state index >= 15 is 0 Å². The van der Waals surface area contributed by atoms with Crippen LogP contribution in [0.1, 0.15) is 25.7 Å². The molecule has 4 heteroatoms. The van der Waals surface area contributed by atoms with Gasteiger partial charge in [0.2, 0.25) is 0 Å². The van der Waals surface area contributed by atoms with Crippen molar-refractivity contribution in [2.45, 2.75) is 25.7 Å². The van der Waals surface area contributed by atoms with Crippen molar-refractivity contribution in [3.8, 4) is 0 Å². The number of carbonyl (C=O) groups is 1. The predicted molar refractivity (Wildman–Crippen MR) is 78.2 cm³/mol. The molecule has 1 N–H and O–H groups in total. The highest BCUT2D eigenvalue weighted by Crippen LogP contribution is 2.18. The number of hydrogen-bond acceptors (Lipinski definition) is 1. The normalized spacial score (nSPS) is 16.4. The van der Waals surface area contributed by atoms with Gasteiger partial charge in [0, 0.05) is 16.7 Å². The van der Waals surface area contributed by atoms with Gasteiger partial charge in [-0.05, 0) is 47.6 Å². The average Bonchev–Trinajstić information content (AvgIpc) is 2.61. The van der Waals surface area contributed by atoms with Crippen LogP contribution in [0.4, 0.5) is 10.5 Å². The number of likely N-dealkylation sites (tertiary alicyclic amines) is 1. The van der Waals surface area contributed by atoms with Crippen molar-refractivity contribution in [1.29, 1.82) is 0 Å². The first-order valence-corrected chi connectivity index (χ1v) is 7.16. The summed E-state index contributed by atoms with van der Waals surface area (Å²) in [4.78, 5) is 14.0. The predicted octanol–water partition coefficient (Wildman–Crippen LogP) is 3.70. The zero-order valence-electron chi connectivity index (χ0n) is 9.79. The maximum atomic E-state index is 12.1.